The van der Waals surface area contributed by atoms with Gasteiger partial charge in [0.25, 0.3) is 0 Å². The van der Waals surface area contributed by atoms with Crippen LogP contribution in [0.4, 0.5) is 0 Å². The van der Waals surface area contributed by atoms with Gasteiger partial charge in [-0.25, -0.2) is 0 Å². The van der Waals surface area contributed by atoms with E-state index in [1.54, 1.807) is 12.4 Å². The van der Waals surface area contributed by atoms with Crippen LogP contribution in [0.5, 0.6) is 0 Å². The molecule has 2 aromatic rings. The number of hydrogen-bond acceptors (Lipinski definition) is 4. The summed E-state index contributed by atoms with van der Waals surface area (Å²) < 4.78 is 0. The van der Waals surface area contributed by atoms with Gasteiger partial charge in [0.1, 0.15) is 0 Å². The van der Waals surface area contributed by atoms with E-state index in [-0.39, 0.29) is 0 Å². The van der Waals surface area contributed by atoms with Crippen LogP contribution in [-0.2, 0) is 0 Å². The normalized spacial score (nSPS) is 14.0. The second-order valence-electron chi connectivity index (χ2n) is 4.80. The van der Waals surface area contributed by atoms with Crippen LogP contribution < -0.4 is 0 Å². The Labute approximate surface area is 119 Å². The third-order valence-corrected chi connectivity index (χ3v) is 3.38. The van der Waals surface area contributed by atoms with Crippen molar-refractivity contribution in [2.45, 2.75) is 38.9 Å². The first-order chi connectivity index (χ1) is 9.65. The van der Waals surface area contributed by atoms with Gasteiger partial charge < -0.3 is 10.2 Å². The molecule has 0 fully saturated rings. The molecular weight excluding hydrogens is 252 g/mol. The fourth-order valence-corrected chi connectivity index (χ4v) is 1.98. The summed E-state index contributed by atoms with van der Waals surface area (Å²) in [5, 5.41) is 19.5. The van der Waals surface area contributed by atoms with Crippen LogP contribution >= 0.6 is 0 Å². The zero-order valence-electron chi connectivity index (χ0n) is 11.8. The van der Waals surface area contributed by atoms with Gasteiger partial charge in [0, 0.05) is 12.4 Å². The summed E-state index contributed by atoms with van der Waals surface area (Å²) in [6.07, 6.45) is 3.77. The molecule has 0 radical (unpaired) electrons. The Morgan fingerprint density at radius 2 is 1.20 bits per heavy atom. The van der Waals surface area contributed by atoms with Crippen molar-refractivity contribution in [3.05, 3.63) is 47.8 Å². The van der Waals surface area contributed by atoms with Crippen LogP contribution in [0.3, 0.4) is 0 Å². The number of hydrogen-bond donors (Lipinski definition) is 2. The van der Waals surface area contributed by atoms with Gasteiger partial charge in [0.15, 0.2) is 0 Å². The number of aliphatic hydroxyl groups is 2. The Bertz CT molecular complexity index is 486. The minimum absolute atomic E-state index is 0.466. The Balaban J connectivity index is 2.19. The standard InChI is InChI=1S/C16H20N2O2/c1-3-15(19)11-5-7-13(17-9-11)14-8-6-12(10-18-14)16(20)4-2/h5-10,15-16,19-20H,3-4H2,1-2H3. The molecule has 4 nitrogen and oxygen atoms in total. The molecule has 106 valence electrons. The number of aliphatic hydroxyl groups excluding tert-OH is 2. The third-order valence-electron chi connectivity index (χ3n) is 3.38. The van der Waals surface area contributed by atoms with Crippen molar-refractivity contribution < 1.29 is 10.2 Å². The van der Waals surface area contributed by atoms with Crippen molar-refractivity contribution >= 4 is 0 Å². The molecule has 20 heavy (non-hydrogen) atoms. The monoisotopic (exact) mass is 272 g/mol. The van der Waals surface area contributed by atoms with Gasteiger partial charge in [0.05, 0.1) is 23.6 Å². The van der Waals surface area contributed by atoms with Gasteiger partial charge in [-0.1, -0.05) is 26.0 Å². The molecule has 0 aromatic carbocycles. The quantitative estimate of drug-likeness (QED) is 0.878. The van der Waals surface area contributed by atoms with Crippen LogP contribution in [-0.4, -0.2) is 20.2 Å². The predicted molar refractivity (Wildman–Crippen MR) is 78.0 cm³/mol. The predicted octanol–water partition coefficient (Wildman–Crippen LogP) is 3.03. The Kier molecular flexibility index (Phi) is 4.82. The van der Waals surface area contributed by atoms with E-state index in [2.05, 4.69) is 9.97 Å². The summed E-state index contributed by atoms with van der Waals surface area (Å²) in [5.74, 6) is 0. The van der Waals surface area contributed by atoms with E-state index >= 15 is 0 Å². The molecule has 2 atom stereocenters. The van der Waals surface area contributed by atoms with Crippen LogP contribution in [0.15, 0.2) is 36.7 Å². The molecule has 0 aliphatic heterocycles. The minimum atomic E-state index is -0.466. The van der Waals surface area contributed by atoms with Crippen molar-refractivity contribution in [2.24, 2.45) is 0 Å². The highest BCUT2D eigenvalue weighted by Crippen LogP contribution is 2.21. The molecule has 4 heteroatoms. The van der Waals surface area contributed by atoms with E-state index < -0.39 is 12.2 Å². The van der Waals surface area contributed by atoms with Crippen LogP contribution in [0, 0.1) is 0 Å². The van der Waals surface area contributed by atoms with Crippen molar-refractivity contribution in [1.82, 2.24) is 9.97 Å². The zero-order valence-corrected chi connectivity index (χ0v) is 11.8. The number of nitrogens with zero attached hydrogens (tertiary/aromatic N) is 2. The molecule has 0 amide bonds. The molecule has 0 aliphatic carbocycles. The molecule has 0 saturated carbocycles. The molecule has 2 N–H and O–H groups in total. The topological polar surface area (TPSA) is 66.2 Å². The van der Waals surface area contributed by atoms with E-state index in [0.29, 0.717) is 12.8 Å². The first-order valence-electron chi connectivity index (χ1n) is 6.94. The largest absolute Gasteiger partial charge is 0.388 e. The highest BCUT2D eigenvalue weighted by molar-refractivity contribution is 5.54. The molecule has 2 unspecified atom stereocenters. The van der Waals surface area contributed by atoms with Gasteiger partial charge >= 0.3 is 0 Å². The van der Waals surface area contributed by atoms with Gasteiger partial charge in [-0.15, -0.1) is 0 Å². The Morgan fingerprint density at radius 3 is 1.45 bits per heavy atom. The molecule has 0 spiro atoms. The van der Waals surface area contributed by atoms with E-state index in [4.69, 9.17) is 0 Å². The first-order valence-corrected chi connectivity index (χ1v) is 6.94. The highest BCUT2D eigenvalue weighted by Gasteiger charge is 2.08. The molecule has 0 bridgehead atoms. The van der Waals surface area contributed by atoms with E-state index in [0.717, 1.165) is 22.5 Å². The summed E-state index contributed by atoms with van der Waals surface area (Å²) in [6.45, 7) is 3.86. The zero-order chi connectivity index (χ0) is 14.5. The fraction of sp³-hybridized carbons (Fsp3) is 0.375. The molecule has 0 saturated heterocycles. The van der Waals surface area contributed by atoms with Gasteiger partial charge in [-0.3, -0.25) is 9.97 Å². The molecule has 0 aliphatic rings. The van der Waals surface area contributed by atoms with Gasteiger partial charge in [-0.05, 0) is 36.1 Å². The Morgan fingerprint density at radius 1 is 0.800 bits per heavy atom. The van der Waals surface area contributed by atoms with Gasteiger partial charge in [0.2, 0.25) is 0 Å². The van der Waals surface area contributed by atoms with Gasteiger partial charge in [-0.2, -0.15) is 0 Å². The smallest absolute Gasteiger partial charge is 0.0886 e. The maximum absolute atomic E-state index is 9.73. The first kappa shape index (κ1) is 14.6. The van der Waals surface area contributed by atoms with E-state index in [1.807, 2.05) is 38.1 Å². The van der Waals surface area contributed by atoms with Crippen molar-refractivity contribution in [3.63, 3.8) is 0 Å². The Hall–Kier alpha value is -1.78. The van der Waals surface area contributed by atoms with Crippen LogP contribution in [0.25, 0.3) is 11.4 Å². The number of rotatable bonds is 5. The van der Waals surface area contributed by atoms with Crippen LogP contribution in [0.2, 0.25) is 0 Å². The van der Waals surface area contributed by atoms with Crippen molar-refractivity contribution in [3.8, 4) is 11.4 Å². The minimum Gasteiger partial charge on any atom is -0.388 e. The lowest BCUT2D eigenvalue weighted by molar-refractivity contribution is 0.173. The van der Waals surface area contributed by atoms with Crippen molar-refractivity contribution in [1.29, 1.82) is 0 Å². The third kappa shape index (κ3) is 3.21. The van der Waals surface area contributed by atoms with E-state index in [9.17, 15) is 10.2 Å². The second-order valence-corrected chi connectivity index (χ2v) is 4.80. The molecule has 2 rings (SSSR count). The summed E-state index contributed by atoms with van der Waals surface area (Å²) in [5.41, 5.74) is 3.15. The summed E-state index contributed by atoms with van der Waals surface area (Å²) >= 11 is 0. The lowest BCUT2D eigenvalue weighted by Gasteiger charge is -2.09. The lowest BCUT2D eigenvalue weighted by Crippen LogP contribution is -1.98. The fourth-order valence-electron chi connectivity index (χ4n) is 1.98. The number of pyridine rings is 2. The van der Waals surface area contributed by atoms with Crippen molar-refractivity contribution in [2.75, 3.05) is 0 Å². The molecular formula is C16H20N2O2. The summed E-state index contributed by atoms with van der Waals surface area (Å²) in [4.78, 5) is 8.66. The molecule has 2 aromatic heterocycles. The number of aromatic nitrogens is 2. The second kappa shape index (κ2) is 6.59. The highest BCUT2D eigenvalue weighted by atomic mass is 16.3. The summed E-state index contributed by atoms with van der Waals surface area (Å²) in [6, 6.07) is 7.44. The maximum atomic E-state index is 9.73. The van der Waals surface area contributed by atoms with Crippen LogP contribution in [0.1, 0.15) is 50.0 Å². The molecule has 2 heterocycles. The SMILES string of the molecule is CCC(O)c1ccc(-c2ccc(C(O)CC)cn2)nc1. The van der Waals surface area contributed by atoms with E-state index in [1.165, 1.54) is 0 Å². The average Bonchev–Trinajstić information content (AvgIpc) is 2.53. The summed E-state index contributed by atoms with van der Waals surface area (Å²) in [7, 11) is 0. The average molecular weight is 272 g/mol. The maximum Gasteiger partial charge on any atom is 0.0886 e. The lowest BCUT2D eigenvalue weighted by atomic mass is 10.1.